The van der Waals surface area contributed by atoms with Gasteiger partial charge in [-0.2, -0.15) is 0 Å². The summed E-state index contributed by atoms with van der Waals surface area (Å²) in [6.45, 7) is 2.93. The zero-order valence-corrected chi connectivity index (χ0v) is 15.7. The molecule has 0 aliphatic carbocycles. The molecule has 8 heteroatoms. The van der Waals surface area contributed by atoms with Gasteiger partial charge in [-0.05, 0) is 12.5 Å². The predicted molar refractivity (Wildman–Crippen MR) is 103 cm³/mol. The summed E-state index contributed by atoms with van der Waals surface area (Å²) in [6, 6.07) is 7.88. The van der Waals surface area contributed by atoms with Crippen LogP contribution in [0.2, 0.25) is 0 Å². The lowest BCUT2D eigenvalue weighted by atomic mass is 10.1. The number of rotatable bonds is 4. The van der Waals surface area contributed by atoms with Crippen LogP contribution in [-0.4, -0.2) is 26.2 Å². The molecule has 6 nitrogen and oxygen atoms in total. The number of carbonyl (C=O) groups is 1. The van der Waals surface area contributed by atoms with Gasteiger partial charge in [0.2, 0.25) is 0 Å². The first-order chi connectivity index (χ1) is 12.6. The Morgan fingerprint density at radius 1 is 1.31 bits per heavy atom. The average Bonchev–Trinajstić information content (AvgIpc) is 3.30. The van der Waals surface area contributed by atoms with Crippen molar-refractivity contribution < 1.29 is 4.79 Å². The molecular formula is C18H16N4O2S2. The molecule has 0 radical (unpaired) electrons. The SMILES string of the molecule is Cc1nc(-c2ccc(CNC(=O)c3cnc4n(c3=O)CCS4)cc2)cs1. The number of thioether (sulfide) groups is 1. The fourth-order valence-corrected chi connectivity index (χ4v) is 4.28. The Morgan fingerprint density at radius 2 is 2.12 bits per heavy atom. The zero-order valence-electron chi connectivity index (χ0n) is 14.1. The fourth-order valence-electron chi connectivity index (χ4n) is 2.74. The van der Waals surface area contributed by atoms with E-state index in [-0.39, 0.29) is 11.1 Å². The second-order valence-corrected chi connectivity index (χ2v) is 8.02. The van der Waals surface area contributed by atoms with Gasteiger partial charge in [-0.15, -0.1) is 11.3 Å². The van der Waals surface area contributed by atoms with E-state index in [1.54, 1.807) is 15.9 Å². The second kappa shape index (κ2) is 7.05. The molecule has 1 N–H and O–H groups in total. The van der Waals surface area contributed by atoms with Crippen molar-refractivity contribution in [2.45, 2.75) is 25.2 Å². The van der Waals surface area contributed by atoms with E-state index >= 15 is 0 Å². The van der Waals surface area contributed by atoms with Gasteiger partial charge in [-0.3, -0.25) is 14.2 Å². The summed E-state index contributed by atoms with van der Waals surface area (Å²) < 4.78 is 1.56. The molecule has 1 amide bonds. The van der Waals surface area contributed by atoms with Crippen molar-refractivity contribution >= 4 is 29.0 Å². The third kappa shape index (κ3) is 3.30. The number of aromatic nitrogens is 3. The number of fused-ring (bicyclic) bond motifs is 1. The minimum atomic E-state index is -0.395. The zero-order chi connectivity index (χ0) is 18.1. The Labute approximate surface area is 158 Å². The van der Waals surface area contributed by atoms with E-state index in [0.29, 0.717) is 18.2 Å². The van der Waals surface area contributed by atoms with Crippen LogP contribution < -0.4 is 10.9 Å². The Morgan fingerprint density at radius 3 is 2.85 bits per heavy atom. The van der Waals surface area contributed by atoms with Crippen molar-refractivity contribution in [2.24, 2.45) is 0 Å². The van der Waals surface area contributed by atoms with Crippen LogP contribution in [0.5, 0.6) is 0 Å². The molecule has 3 aromatic rings. The fraction of sp³-hybridized carbons (Fsp3) is 0.222. The lowest BCUT2D eigenvalue weighted by Crippen LogP contribution is -2.33. The lowest BCUT2D eigenvalue weighted by molar-refractivity contribution is 0.0948. The predicted octanol–water partition coefficient (Wildman–Crippen LogP) is 2.71. The van der Waals surface area contributed by atoms with Gasteiger partial charge in [0.05, 0.1) is 10.7 Å². The van der Waals surface area contributed by atoms with Crippen LogP contribution in [0.3, 0.4) is 0 Å². The number of hydrogen-bond donors (Lipinski definition) is 1. The van der Waals surface area contributed by atoms with Crippen LogP contribution in [-0.2, 0) is 13.1 Å². The highest BCUT2D eigenvalue weighted by molar-refractivity contribution is 7.99. The van der Waals surface area contributed by atoms with Crippen molar-refractivity contribution in [1.29, 1.82) is 0 Å². The Bertz CT molecular complexity index is 1020. The van der Waals surface area contributed by atoms with E-state index in [1.165, 1.54) is 18.0 Å². The van der Waals surface area contributed by atoms with Gasteiger partial charge < -0.3 is 5.32 Å². The highest BCUT2D eigenvalue weighted by Gasteiger charge is 2.19. The molecule has 0 atom stereocenters. The van der Waals surface area contributed by atoms with Crippen molar-refractivity contribution in [3.8, 4) is 11.3 Å². The van der Waals surface area contributed by atoms with Crippen LogP contribution in [0.15, 0.2) is 45.8 Å². The summed E-state index contributed by atoms with van der Waals surface area (Å²) in [4.78, 5) is 33.4. The molecular weight excluding hydrogens is 368 g/mol. The topological polar surface area (TPSA) is 76.9 Å². The van der Waals surface area contributed by atoms with E-state index < -0.39 is 5.91 Å². The molecule has 4 rings (SSSR count). The number of hydrogen-bond acceptors (Lipinski definition) is 6. The van der Waals surface area contributed by atoms with Crippen molar-refractivity contribution in [1.82, 2.24) is 19.9 Å². The molecule has 0 unspecified atom stereocenters. The van der Waals surface area contributed by atoms with Crippen LogP contribution in [0.25, 0.3) is 11.3 Å². The van der Waals surface area contributed by atoms with E-state index in [9.17, 15) is 9.59 Å². The Hall–Kier alpha value is -2.45. The van der Waals surface area contributed by atoms with Crippen molar-refractivity contribution in [3.05, 3.63) is 62.3 Å². The summed E-state index contributed by atoms with van der Waals surface area (Å²) in [5.74, 6) is 0.423. The second-order valence-electron chi connectivity index (χ2n) is 5.89. The summed E-state index contributed by atoms with van der Waals surface area (Å²) in [5.41, 5.74) is 2.78. The Balaban J connectivity index is 1.44. The van der Waals surface area contributed by atoms with Crippen molar-refractivity contribution in [3.63, 3.8) is 0 Å². The monoisotopic (exact) mass is 384 g/mol. The summed E-state index contributed by atoms with van der Waals surface area (Å²) in [5, 5.41) is 6.54. The van der Waals surface area contributed by atoms with Gasteiger partial charge in [-0.25, -0.2) is 9.97 Å². The smallest absolute Gasteiger partial charge is 0.267 e. The quantitative estimate of drug-likeness (QED) is 0.700. The van der Waals surface area contributed by atoms with Gasteiger partial charge in [-0.1, -0.05) is 36.0 Å². The molecule has 0 saturated carbocycles. The molecule has 3 heterocycles. The molecule has 26 heavy (non-hydrogen) atoms. The summed E-state index contributed by atoms with van der Waals surface area (Å²) >= 11 is 3.15. The van der Waals surface area contributed by atoms with Crippen molar-refractivity contribution in [2.75, 3.05) is 5.75 Å². The van der Waals surface area contributed by atoms with Crippen LogP contribution in [0.4, 0.5) is 0 Å². The van der Waals surface area contributed by atoms with E-state index in [1.807, 2.05) is 36.6 Å². The number of aryl methyl sites for hydroxylation is 1. The first-order valence-electron chi connectivity index (χ1n) is 8.14. The minimum absolute atomic E-state index is 0.0887. The normalized spacial score (nSPS) is 12.8. The lowest BCUT2D eigenvalue weighted by Gasteiger charge is -2.07. The number of thiazole rings is 1. The van der Waals surface area contributed by atoms with E-state index in [0.717, 1.165) is 27.6 Å². The van der Waals surface area contributed by atoms with Gasteiger partial charge >= 0.3 is 0 Å². The maximum absolute atomic E-state index is 12.4. The molecule has 2 aromatic heterocycles. The Kier molecular flexibility index (Phi) is 4.60. The number of nitrogens with one attached hydrogen (secondary N) is 1. The summed E-state index contributed by atoms with van der Waals surface area (Å²) in [6.07, 6.45) is 1.37. The van der Waals surface area contributed by atoms with E-state index in [4.69, 9.17) is 0 Å². The molecule has 1 aliphatic heterocycles. The molecule has 0 fully saturated rings. The third-order valence-corrected chi connectivity index (χ3v) is 5.87. The minimum Gasteiger partial charge on any atom is -0.348 e. The number of amides is 1. The molecule has 132 valence electrons. The maximum atomic E-state index is 12.4. The van der Waals surface area contributed by atoms with Gasteiger partial charge in [0, 0.05) is 36.0 Å². The molecule has 1 aliphatic rings. The highest BCUT2D eigenvalue weighted by Crippen LogP contribution is 2.22. The highest BCUT2D eigenvalue weighted by atomic mass is 32.2. The average molecular weight is 384 g/mol. The number of benzene rings is 1. The first-order valence-corrected chi connectivity index (χ1v) is 10.0. The molecule has 1 aromatic carbocycles. The standard InChI is InChI=1S/C18H16N4O2S2/c1-11-21-15(10-26-11)13-4-2-12(3-5-13)8-19-16(23)14-9-20-18-22(17(14)24)6-7-25-18/h2-5,9-10H,6-8H2,1H3,(H,19,23). The number of carbonyl (C=O) groups excluding carboxylic acids is 1. The van der Waals surface area contributed by atoms with Crippen LogP contribution in [0.1, 0.15) is 20.9 Å². The molecule has 0 bridgehead atoms. The molecule has 0 spiro atoms. The third-order valence-electron chi connectivity index (χ3n) is 4.12. The molecule has 0 saturated heterocycles. The van der Waals surface area contributed by atoms with Gasteiger partial charge in [0.25, 0.3) is 11.5 Å². The largest absolute Gasteiger partial charge is 0.348 e. The van der Waals surface area contributed by atoms with Crippen LogP contribution >= 0.6 is 23.1 Å². The van der Waals surface area contributed by atoms with Crippen LogP contribution in [0, 0.1) is 6.92 Å². The van der Waals surface area contributed by atoms with Gasteiger partial charge in [0.1, 0.15) is 5.56 Å². The number of nitrogens with zero attached hydrogens (tertiary/aromatic N) is 3. The first kappa shape index (κ1) is 17.0. The van der Waals surface area contributed by atoms with E-state index in [2.05, 4.69) is 15.3 Å². The maximum Gasteiger partial charge on any atom is 0.267 e. The summed E-state index contributed by atoms with van der Waals surface area (Å²) in [7, 11) is 0. The van der Waals surface area contributed by atoms with Gasteiger partial charge in [0.15, 0.2) is 5.16 Å².